The monoisotopic (exact) mass is 484 g/mol. The first kappa shape index (κ1) is 21.4. The van der Waals surface area contributed by atoms with Crippen LogP contribution in [0.4, 0.5) is 0 Å². The van der Waals surface area contributed by atoms with Crippen LogP contribution in [0.25, 0.3) is 21.7 Å². The normalized spacial score (nSPS) is 17.7. The number of aromatic nitrogens is 1. The number of para-hydroxylation sites is 1. The van der Waals surface area contributed by atoms with Gasteiger partial charge in [-0.15, -0.1) is 40.6 Å². The minimum absolute atomic E-state index is 0. The zero-order chi connectivity index (χ0) is 20.3. The van der Waals surface area contributed by atoms with Crippen LogP contribution in [0.1, 0.15) is 35.0 Å². The summed E-state index contributed by atoms with van der Waals surface area (Å²) in [6.45, 7) is 11.7. The zero-order valence-electron chi connectivity index (χ0n) is 18.5. The van der Waals surface area contributed by atoms with Crippen LogP contribution >= 0.6 is 0 Å². The Labute approximate surface area is 199 Å². The van der Waals surface area contributed by atoms with Crippen molar-refractivity contribution in [3.8, 4) is 5.69 Å². The molecule has 2 aliphatic heterocycles. The predicted octanol–water partition coefficient (Wildman–Crippen LogP) is 7.32. The third-order valence-corrected chi connectivity index (χ3v) is 10.8. The maximum atomic E-state index is 2.52. The third-order valence-electron chi connectivity index (χ3n) is 6.73. The summed E-state index contributed by atoms with van der Waals surface area (Å²) in [4.78, 5) is 0. The van der Waals surface area contributed by atoms with Gasteiger partial charge in [0.25, 0.3) is 0 Å². The topological polar surface area (TPSA) is 4.93 Å². The minimum Gasteiger partial charge on any atom is -0.314 e. The van der Waals surface area contributed by atoms with Gasteiger partial charge in [-0.25, -0.2) is 0 Å². The maximum Gasteiger partial charge on any atom is 0.0950 e. The van der Waals surface area contributed by atoms with E-state index in [0.717, 1.165) is 5.54 Å². The van der Waals surface area contributed by atoms with Crippen molar-refractivity contribution in [3.05, 3.63) is 101 Å². The summed E-state index contributed by atoms with van der Waals surface area (Å²) in [6, 6.07) is 26.0. The van der Waals surface area contributed by atoms with Gasteiger partial charge < -0.3 is 4.57 Å². The van der Waals surface area contributed by atoms with Crippen molar-refractivity contribution in [2.24, 2.45) is 0 Å². The van der Waals surface area contributed by atoms with Gasteiger partial charge >= 0.3 is 0 Å². The molecule has 3 aromatic carbocycles. The quantitative estimate of drug-likeness (QED) is 0.197. The SMILES string of the molecule is CC1=C2c3c(cc(C)n3-c3ccccc3)C1[Si]2(C)C.Cc1cc2ccccc2[cH-]1.[Zr]. The van der Waals surface area contributed by atoms with E-state index in [9.17, 15) is 0 Å². The van der Waals surface area contributed by atoms with E-state index in [-0.39, 0.29) is 26.2 Å². The summed E-state index contributed by atoms with van der Waals surface area (Å²) >= 11 is 0. The van der Waals surface area contributed by atoms with Crippen molar-refractivity contribution in [1.82, 2.24) is 4.57 Å². The van der Waals surface area contributed by atoms with E-state index < -0.39 is 8.07 Å². The summed E-state index contributed by atoms with van der Waals surface area (Å²) in [5, 5.41) is 4.41. The van der Waals surface area contributed by atoms with Crippen molar-refractivity contribution in [2.75, 3.05) is 0 Å². The Morgan fingerprint density at radius 2 is 1.53 bits per heavy atom. The van der Waals surface area contributed by atoms with Gasteiger partial charge in [0.15, 0.2) is 0 Å². The van der Waals surface area contributed by atoms with E-state index in [1.807, 2.05) is 0 Å². The molecule has 3 heterocycles. The van der Waals surface area contributed by atoms with E-state index in [1.54, 1.807) is 16.3 Å². The second-order valence-corrected chi connectivity index (χ2v) is 13.7. The fourth-order valence-electron chi connectivity index (χ4n) is 5.73. The predicted molar refractivity (Wildman–Crippen MR) is 128 cm³/mol. The van der Waals surface area contributed by atoms with Crippen LogP contribution in [-0.4, -0.2) is 12.6 Å². The average molecular weight is 486 g/mol. The molecule has 30 heavy (non-hydrogen) atoms. The summed E-state index contributed by atoms with van der Waals surface area (Å²) < 4.78 is 2.47. The molecule has 0 fully saturated rings. The molecule has 0 spiro atoms. The fourth-order valence-corrected chi connectivity index (χ4v) is 10.0. The van der Waals surface area contributed by atoms with Crippen LogP contribution in [0.2, 0.25) is 13.1 Å². The Kier molecular flexibility index (Phi) is 5.49. The van der Waals surface area contributed by atoms with Crippen LogP contribution in [0.5, 0.6) is 0 Å². The molecule has 1 atom stereocenters. The molecular weight excluding hydrogens is 458 g/mol. The van der Waals surface area contributed by atoms with Gasteiger partial charge in [-0.3, -0.25) is 0 Å². The molecule has 0 saturated heterocycles. The van der Waals surface area contributed by atoms with Crippen molar-refractivity contribution in [1.29, 1.82) is 0 Å². The van der Waals surface area contributed by atoms with Gasteiger partial charge in [0, 0.05) is 48.8 Å². The van der Waals surface area contributed by atoms with Crippen molar-refractivity contribution in [3.63, 3.8) is 0 Å². The van der Waals surface area contributed by atoms with Crippen LogP contribution in [0.15, 0.2) is 78.4 Å². The van der Waals surface area contributed by atoms with E-state index in [0.29, 0.717) is 0 Å². The summed E-state index contributed by atoms with van der Waals surface area (Å²) in [7, 11) is -1.19. The Morgan fingerprint density at radius 3 is 2.20 bits per heavy atom. The Balaban J connectivity index is 0.000000168. The van der Waals surface area contributed by atoms with Gasteiger partial charge in [-0.05, 0) is 42.8 Å². The molecule has 1 aliphatic carbocycles. The number of nitrogens with zero attached hydrogens (tertiary/aromatic N) is 1. The average Bonchev–Trinajstić information content (AvgIpc) is 3.36. The second-order valence-electron chi connectivity index (χ2n) is 9.13. The Morgan fingerprint density at radius 1 is 0.867 bits per heavy atom. The standard InChI is InChI=1S/C17H19NSi.C10H9.Zr/c1-11-10-14-15(17-12(2)16(14)19(17,3)4)18(11)13-8-6-5-7-9-13;1-8-6-9-4-2-3-5-10(9)7-8;/h5-10,16H,1-4H3;2-7H,1H3;/q;-1;. The third kappa shape index (κ3) is 3.10. The van der Waals surface area contributed by atoms with Crippen molar-refractivity contribution < 1.29 is 26.2 Å². The molecule has 2 bridgehead atoms. The van der Waals surface area contributed by atoms with Crippen molar-refractivity contribution in [2.45, 2.75) is 39.4 Å². The van der Waals surface area contributed by atoms with Gasteiger partial charge in [-0.2, -0.15) is 6.07 Å². The molecule has 0 saturated carbocycles. The fraction of sp³-hybridized carbons (Fsp3) is 0.222. The molecule has 1 aromatic heterocycles. The molecule has 3 aliphatic rings. The molecule has 1 nitrogen and oxygen atoms in total. The molecule has 150 valence electrons. The summed E-state index contributed by atoms with van der Waals surface area (Å²) in [5.41, 5.74) is 9.58. The van der Waals surface area contributed by atoms with Gasteiger partial charge in [0.05, 0.1) is 8.07 Å². The number of benzene rings is 2. The van der Waals surface area contributed by atoms with E-state index in [2.05, 4.69) is 111 Å². The molecule has 0 radical (unpaired) electrons. The molecule has 0 N–H and O–H groups in total. The van der Waals surface area contributed by atoms with Crippen molar-refractivity contribution >= 4 is 24.0 Å². The van der Waals surface area contributed by atoms with Gasteiger partial charge in [0.2, 0.25) is 0 Å². The number of hydrogen-bond acceptors (Lipinski definition) is 0. The van der Waals surface area contributed by atoms with Crippen LogP contribution < -0.4 is 0 Å². The number of hydrogen-bond donors (Lipinski definition) is 0. The maximum absolute atomic E-state index is 2.52. The minimum atomic E-state index is -1.19. The summed E-state index contributed by atoms with van der Waals surface area (Å²) in [5.74, 6) is 0. The molecule has 4 aromatic rings. The first-order valence-corrected chi connectivity index (χ1v) is 13.6. The number of fused-ring (bicyclic) bond motifs is 1. The molecule has 0 amide bonds. The molecule has 1 unspecified atom stereocenters. The Hall–Kier alpha value is -1.83. The van der Waals surface area contributed by atoms with E-state index in [4.69, 9.17) is 0 Å². The van der Waals surface area contributed by atoms with Gasteiger partial charge in [0.1, 0.15) is 0 Å². The first-order valence-electron chi connectivity index (χ1n) is 10.5. The molecule has 3 heteroatoms. The largest absolute Gasteiger partial charge is 0.314 e. The van der Waals surface area contributed by atoms with Gasteiger partial charge in [-0.1, -0.05) is 49.9 Å². The van der Waals surface area contributed by atoms with Crippen LogP contribution in [-0.2, 0) is 26.2 Å². The zero-order valence-corrected chi connectivity index (χ0v) is 21.9. The number of rotatable bonds is 1. The smallest absolute Gasteiger partial charge is 0.0950 e. The van der Waals surface area contributed by atoms with Crippen LogP contribution in [0, 0.1) is 13.8 Å². The number of allylic oxidation sites excluding steroid dienone is 1. The molecular formula is C27H28NSiZr-. The van der Waals surface area contributed by atoms with E-state index >= 15 is 0 Å². The van der Waals surface area contributed by atoms with E-state index in [1.165, 1.54) is 33.4 Å². The summed E-state index contributed by atoms with van der Waals surface area (Å²) in [6.07, 6.45) is 0. The second kappa shape index (κ2) is 7.70. The number of aryl methyl sites for hydroxylation is 2. The molecule has 7 rings (SSSR count). The Bertz CT molecular complexity index is 1220. The first-order chi connectivity index (χ1) is 13.9. The van der Waals surface area contributed by atoms with Crippen LogP contribution in [0.3, 0.4) is 0 Å².